The van der Waals surface area contributed by atoms with Gasteiger partial charge in [0.05, 0.1) is 22.3 Å². The van der Waals surface area contributed by atoms with Crippen LogP contribution in [0.25, 0.3) is 16.6 Å². The third kappa shape index (κ3) is 3.56. The summed E-state index contributed by atoms with van der Waals surface area (Å²) in [6.07, 6.45) is 6.77. The molecule has 5 rings (SSSR count). The van der Waals surface area contributed by atoms with Gasteiger partial charge in [0.1, 0.15) is 11.3 Å². The van der Waals surface area contributed by atoms with Crippen molar-refractivity contribution in [3.05, 3.63) is 47.9 Å². The Balaban J connectivity index is 1.50. The van der Waals surface area contributed by atoms with Crippen LogP contribution in [-0.4, -0.2) is 55.2 Å². The Morgan fingerprint density at radius 2 is 1.97 bits per heavy atom. The van der Waals surface area contributed by atoms with Crippen LogP contribution in [0.15, 0.2) is 30.9 Å². The van der Waals surface area contributed by atoms with Crippen LogP contribution in [-0.2, 0) is 7.05 Å². The molecule has 1 amide bonds. The van der Waals surface area contributed by atoms with E-state index in [1.165, 1.54) is 6.07 Å². The lowest BCUT2D eigenvalue weighted by atomic mass is 10.1. The molecule has 0 bridgehead atoms. The lowest BCUT2D eigenvalue weighted by molar-refractivity contribution is 0.102. The molecular weight excluding hydrogens is 411 g/mol. The highest BCUT2D eigenvalue weighted by Crippen LogP contribution is 2.28. The number of hydrogen-bond acceptors (Lipinski definition) is 6. The molecule has 0 aromatic carbocycles. The summed E-state index contributed by atoms with van der Waals surface area (Å²) in [4.78, 5) is 24.1. The van der Waals surface area contributed by atoms with E-state index < -0.39 is 11.7 Å². The average molecular weight is 436 g/mol. The molecule has 2 N–H and O–H groups in total. The first-order chi connectivity index (χ1) is 15.3. The quantitative estimate of drug-likeness (QED) is 0.513. The Morgan fingerprint density at radius 1 is 1.22 bits per heavy atom. The largest absolute Gasteiger partial charge is 0.353 e. The summed E-state index contributed by atoms with van der Waals surface area (Å²) in [7, 11) is 1.82. The molecule has 1 aliphatic heterocycles. The minimum atomic E-state index is -0.505. The second-order valence-electron chi connectivity index (χ2n) is 8.58. The van der Waals surface area contributed by atoms with E-state index in [4.69, 9.17) is 0 Å². The number of hydrogen-bond donors (Lipinski definition) is 2. The van der Waals surface area contributed by atoms with Gasteiger partial charge in [0.25, 0.3) is 5.91 Å². The van der Waals surface area contributed by atoms with Crippen molar-refractivity contribution >= 4 is 34.0 Å². The number of anilines is 2. The highest BCUT2D eigenvalue weighted by molar-refractivity contribution is 6.13. The molecule has 166 valence electrons. The number of halogens is 1. The Morgan fingerprint density at radius 3 is 2.72 bits per heavy atom. The molecule has 4 aromatic heterocycles. The fourth-order valence-electron chi connectivity index (χ4n) is 4.47. The molecule has 4 aromatic rings. The van der Waals surface area contributed by atoms with Crippen LogP contribution in [0.3, 0.4) is 0 Å². The zero-order chi connectivity index (χ0) is 22.6. The van der Waals surface area contributed by atoms with Crippen molar-refractivity contribution in [2.24, 2.45) is 7.05 Å². The summed E-state index contributed by atoms with van der Waals surface area (Å²) in [6, 6.07) is 1.92. The van der Waals surface area contributed by atoms with Crippen molar-refractivity contribution in [1.82, 2.24) is 29.5 Å². The van der Waals surface area contributed by atoms with Crippen molar-refractivity contribution < 1.29 is 9.18 Å². The third-order valence-corrected chi connectivity index (χ3v) is 5.63. The van der Waals surface area contributed by atoms with E-state index in [0.29, 0.717) is 34.5 Å². The van der Waals surface area contributed by atoms with Gasteiger partial charge in [-0.2, -0.15) is 5.10 Å². The monoisotopic (exact) mass is 436 g/mol. The minimum Gasteiger partial charge on any atom is -0.353 e. The summed E-state index contributed by atoms with van der Waals surface area (Å²) >= 11 is 0. The van der Waals surface area contributed by atoms with Gasteiger partial charge >= 0.3 is 0 Å². The van der Waals surface area contributed by atoms with Gasteiger partial charge in [0, 0.05) is 63.1 Å². The van der Waals surface area contributed by atoms with Gasteiger partial charge in [-0.15, -0.1) is 0 Å². The van der Waals surface area contributed by atoms with Gasteiger partial charge in [-0.3, -0.25) is 9.48 Å². The molecule has 9 nitrogen and oxygen atoms in total. The third-order valence-electron chi connectivity index (χ3n) is 5.63. The second-order valence-corrected chi connectivity index (χ2v) is 8.58. The zero-order valence-electron chi connectivity index (χ0n) is 18.4. The zero-order valence-corrected chi connectivity index (χ0v) is 18.4. The molecule has 2 atom stereocenters. The summed E-state index contributed by atoms with van der Waals surface area (Å²) in [5.41, 5.74) is 2.14. The molecule has 0 saturated carbocycles. The number of rotatable bonds is 3. The van der Waals surface area contributed by atoms with Crippen LogP contribution in [0.2, 0.25) is 0 Å². The van der Waals surface area contributed by atoms with E-state index in [0.717, 1.165) is 24.3 Å². The molecule has 5 heterocycles. The first-order valence-electron chi connectivity index (χ1n) is 10.6. The van der Waals surface area contributed by atoms with Crippen LogP contribution in [0.4, 0.5) is 15.9 Å². The van der Waals surface area contributed by atoms with Gasteiger partial charge in [0.15, 0.2) is 11.5 Å². The number of fused-ring (bicyclic) bond motifs is 2. The molecular formula is C22H25FN8O. The Kier molecular flexibility index (Phi) is 4.81. The van der Waals surface area contributed by atoms with Crippen LogP contribution in [0.5, 0.6) is 0 Å². The standard InChI is InChI=1S/C22H25FN8O/c1-12-7-30(8-13(2)25-12)20-17-11-29(4)28-19(17)16(6-24-20)22(32)27-15-5-18(23)21-26-14(3)9-31(21)10-15/h5-6,9-13,25H,7-8H2,1-4H3,(H,27,32). The van der Waals surface area contributed by atoms with E-state index in [1.54, 1.807) is 34.6 Å². The van der Waals surface area contributed by atoms with E-state index in [9.17, 15) is 9.18 Å². The number of nitrogens with zero attached hydrogens (tertiary/aromatic N) is 6. The van der Waals surface area contributed by atoms with E-state index >= 15 is 0 Å². The fourth-order valence-corrected chi connectivity index (χ4v) is 4.47. The molecule has 10 heteroatoms. The van der Waals surface area contributed by atoms with Crippen molar-refractivity contribution in [3.8, 4) is 0 Å². The molecule has 0 aliphatic carbocycles. The number of aryl methyl sites for hydroxylation is 2. The number of aromatic nitrogens is 5. The van der Waals surface area contributed by atoms with Crippen molar-refractivity contribution in [1.29, 1.82) is 0 Å². The number of pyridine rings is 2. The van der Waals surface area contributed by atoms with Gasteiger partial charge in [-0.05, 0) is 20.8 Å². The highest BCUT2D eigenvalue weighted by atomic mass is 19.1. The first kappa shape index (κ1) is 20.4. The number of nitrogens with one attached hydrogen (secondary N) is 2. The maximum Gasteiger partial charge on any atom is 0.259 e. The summed E-state index contributed by atoms with van der Waals surface area (Å²) in [6.45, 7) is 7.70. The van der Waals surface area contributed by atoms with Gasteiger partial charge in [-0.1, -0.05) is 0 Å². The van der Waals surface area contributed by atoms with Crippen LogP contribution < -0.4 is 15.5 Å². The van der Waals surface area contributed by atoms with Crippen molar-refractivity contribution in [2.75, 3.05) is 23.3 Å². The number of carbonyl (C=O) groups is 1. The van der Waals surface area contributed by atoms with Gasteiger partial charge < -0.3 is 19.9 Å². The second kappa shape index (κ2) is 7.56. The number of carbonyl (C=O) groups excluding carboxylic acids is 1. The van der Waals surface area contributed by atoms with Crippen molar-refractivity contribution in [2.45, 2.75) is 32.9 Å². The predicted octanol–water partition coefficient (Wildman–Crippen LogP) is 2.50. The molecule has 1 fully saturated rings. The maximum atomic E-state index is 14.4. The van der Waals surface area contributed by atoms with E-state index in [1.807, 2.05) is 13.2 Å². The smallest absolute Gasteiger partial charge is 0.259 e. The topological polar surface area (TPSA) is 92.4 Å². The highest BCUT2D eigenvalue weighted by Gasteiger charge is 2.26. The predicted molar refractivity (Wildman–Crippen MR) is 121 cm³/mol. The summed E-state index contributed by atoms with van der Waals surface area (Å²) in [5.74, 6) is -0.0918. The minimum absolute atomic E-state index is 0.220. The van der Waals surface area contributed by atoms with Crippen LogP contribution >= 0.6 is 0 Å². The van der Waals surface area contributed by atoms with Crippen LogP contribution in [0.1, 0.15) is 29.9 Å². The number of piperazine rings is 1. The Labute approximate surface area is 184 Å². The van der Waals surface area contributed by atoms with E-state index in [-0.39, 0.29) is 5.65 Å². The number of amides is 1. The molecule has 0 radical (unpaired) electrons. The molecule has 32 heavy (non-hydrogen) atoms. The number of imidazole rings is 1. The van der Waals surface area contributed by atoms with Crippen molar-refractivity contribution in [3.63, 3.8) is 0 Å². The average Bonchev–Trinajstić information content (AvgIpc) is 3.28. The maximum absolute atomic E-state index is 14.4. The molecule has 1 saturated heterocycles. The Hall–Kier alpha value is -3.53. The lowest BCUT2D eigenvalue weighted by Crippen LogP contribution is -2.54. The molecule has 2 unspecified atom stereocenters. The molecule has 0 spiro atoms. The first-order valence-corrected chi connectivity index (χ1v) is 10.6. The SMILES string of the molecule is Cc1cn2cc(NC(=O)c3cnc(N4CC(C)NC(C)C4)c4cn(C)nc34)cc(F)c2n1. The summed E-state index contributed by atoms with van der Waals surface area (Å²) < 4.78 is 17.7. The van der Waals surface area contributed by atoms with Gasteiger partial charge in [0.2, 0.25) is 0 Å². The lowest BCUT2D eigenvalue weighted by Gasteiger charge is -2.37. The molecule has 1 aliphatic rings. The summed E-state index contributed by atoms with van der Waals surface area (Å²) in [5, 5.41) is 11.6. The Bertz CT molecular complexity index is 1330. The van der Waals surface area contributed by atoms with E-state index in [2.05, 4.69) is 44.4 Å². The fraction of sp³-hybridized carbons (Fsp3) is 0.364. The van der Waals surface area contributed by atoms with Gasteiger partial charge in [-0.25, -0.2) is 14.4 Å². The van der Waals surface area contributed by atoms with Crippen LogP contribution in [0, 0.1) is 12.7 Å². The normalized spacial score (nSPS) is 19.1.